The number of hydrogen-bond donors (Lipinski definition) is 1. The number of oxime groups is 1. The van der Waals surface area contributed by atoms with E-state index in [1.807, 2.05) is 0 Å². The number of amides is 1. The van der Waals surface area contributed by atoms with Crippen LogP contribution < -0.4 is 0 Å². The normalized spacial score (nSPS) is 20.5. The van der Waals surface area contributed by atoms with E-state index in [9.17, 15) is 9.59 Å². The van der Waals surface area contributed by atoms with Gasteiger partial charge in [0, 0.05) is 20.5 Å². The quantitative estimate of drug-likeness (QED) is 0.618. The Hall–Kier alpha value is -1.59. The van der Waals surface area contributed by atoms with Crippen LogP contribution in [0.4, 0.5) is 0 Å². The second-order valence-corrected chi connectivity index (χ2v) is 2.87. The van der Waals surface area contributed by atoms with Crippen LogP contribution in [0.5, 0.6) is 0 Å². The largest absolute Gasteiger partial charge is 0.477 e. The first-order valence-electron chi connectivity index (χ1n) is 3.69. The molecule has 1 atom stereocenters. The van der Waals surface area contributed by atoms with E-state index in [0.29, 0.717) is 0 Å². The van der Waals surface area contributed by atoms with Crippen molar-refractivity contribution in [1.82, 2.24) is 4.90 Å². The van der Waals surface area contributed by atoms with Crippen LogP contribution in [0.15, 0.2) is 5.16 Å². The van der Waals surface area contributed by atoms with Crippen molar-refractivity contribution in [2.75, 3.05) is 14.1 Å². The van der Waals surface area contributed by atoms with Gasteiger partial charge in [0.15, 0.2) is 5.71 Å². The Kier molecular flexibility index (Phi) is 2.50. The summed E-state index contributed by atoms with van der Waals surface area (Å²) < 4.78 is 0. The Bertz CT molecular complexity index is 272. The first-order chi connectivity index (χ1) is 6.02. The van der Waals surface area contributed by atoms with Crippen molar-refractivity contribution in [2.24, 2.45) is 5.16 Å². The van der Waals surface area contributed by atoms with Crippen LogP contribution in [0.1, 0.15) is 6.42 Å². The number of carbonyl (C=O) groups excluding carboxylic acids is 1. The zero-order valence-electron chi connectivity index (χ0n) is 7.35. The predicted octanol–water partition coefficient (Wildman–Crippen LogP) is -0.696. The van der Waals surface area contributed by atoms with Crippen LogP contribution >= 0.6 is 0 Å². The fourth-order valence-corrected chi connectivity index (χ4v) is 0.924. The smallest absolute Gasteiger partial charge is 0.353 e. The summed E-state index contributed by atoms with van der Waals surface area (Å²) in [6.07, 6.45) is -0.743. The molecule has 1 rings (SSSR count). The van der Waals surface area contributed by atoms with Gasteiger partial charge in [-0.05, 0) is 0 Å². The fourth-order valence-electron chi connectivity index (χ4n) is 0.924. The number of carboxylic acid groups (broad SMARTS) is 1. The van der Waals surface area contributed by atoms with Crippen molar-refractivity contribution >= 4 is 17.6 Å². The molecule has 1 aliphatic rings. The highest BCUT2D eigenvalue weighted by molar-refractivity contribution is 6.36. The third kappa shape index (κ3) is 1.95. The van der Waals surface area contributed by atoms with E-state index in [0.717, 1.165) is 0 Å². The summed E-state index contributed by atoms with van der Waals surface area (Å²) in [6, 6.07) is 0. The first-order valence-corrected chi connectivity index (χ1v) is 3.69. The number of likely N-dealkylation sites (N-methyl/N-ethyl adjacent to an activating group) is 1. The second kappa shape index (κ2) is 3.42. The van der Waals surface area contributed by atoms with Gasteiger partial charge < -0.3 is 14.8 Å². The Morgan fingerprint density at radius 2 is 2.23 bits per heavy atom. The second-order valence-electron chi connectivity index (χ2n) is 2.87. The molecular formula is C7H10N2O4. The van der Waals surface area contributed by atoms with E-state index in [2.05, 4.69) is 9.99 Å². The van der Waals surface area contributed by atoms with Crippen LogP contribution in [-0.4, -0.2) is 47.8 Å². The highest BCUT2D eigenvalue weighted by Gasteiger charge is 2.32. The molecule has 0 aromatic rings. The van der Waals surface area contributed by atoms with Crippen LogP contribution in [0.2, 0.25) is 0 Å². The van der Waals surface area contributed by atoms with Crippen molar-refractivity contribution in [3.05, 3.63) is 0 Å². The molecule has 13 heavy (non-hydrogen) atoms. The molecule has 6 nitrogen and oxygen atoms in total. The van der Waals surface area contributed by atoms with Gasteiger partial charge in [0.25, 0.3) is 5.91 Å². The standard InChI is InChI=1S/C7H10N2O4/c1-9(2)6(10)5-3-4(7(11)12)8-13-5/h5H,3H2,1-2H3,(H,11,12). The summed E-state index contributed by atoms with van der Waals surface area (Å²) in [5.74, 6) is -1.42. The van der Waals surface area contributed by atoms with E-state index in [1.54, 1.807) is 14.1 Å². The first kappa shape index (κ1) is 9.50. The van der Waals surface area contributed by atoms with Gasteiger partial charge in [0.2, 0.25) is 6.10 Å². The van der Waals surface area contributed by atoms with Crippen LogP contribution in [0, 0.1) is 0 Å². The topological polar surface area (TPSA) is 79.2 Å². The van der Waals surface area contributed by atoms with Crippen LogP contribution in [0.3, 0.4) is 0 Å². The van der Waals surface area contributed by atoms with Crippen molar-refractivity contribution in [3.8, 4) is 0 Å². The number of carboxylic acids is 1. The van der Waals surface area contributed by atoms with E-state index in [1.165, 1.54) is 4.90 Å². The van der Waals surface area contributed by atoms with Crippen molar-refractivity contribution < 1.29 is 19.5 Å². The van der Waals surface area contributed by atoms with Crippen molar-refractivity contribution in [2.45, 2.75) is 12.5 Å². The zero-order valence-corrected chi connectivity index (χ0v) is 7.35. The third-order valence-corrected chi connectivity index (χ3v) is 1.63. The zero-order chi connectivity index (χ0) is 10.0. The molecule has 0 saturated heterocycles. The van der Waals surface area contributed by atoms with Gasteiger partial charge in [-0.25, -0.2) is 4.79 Å². The lowest BCUT2D eigenvalue weighted by Gasteiger charge is -2.13. The maximum atomic E-state index is 11.2. The van der Waals surface area contributed by atoms with Crippen LogP contribution in [-0.2, 0) is 14.4 Å². The predicted molar refractivity (Wildman–Crippen MR) is 43.3 cm³/mol. The lowest BCUT2D eigenvalue weighted by molar-refractivity contribution is -0.139. The molecule has 1 unspecified atom stereocenters. The molecule has 0 aromatic heterocycles. The van der Waals surface area contributed by atoms with Crippen LogP contribution in [0.25, 0.3) is 0 Å². The van der Waals surface area contributed by atoms with Gasteiger partial charge in [-0.15, -0.1) is 0 Å². The van der Waals surface area contributed by atoms with Gasteiger partial charge in [0.1, 0.15) is 0 Å². The molecule has 0 saturated carbocycles. The molecule has 0 radical (unpaired) electrons. The molecular weight excluding hydrogens is 176 g/mol. The summed E-state index contributed by atoms with van der Waals surface area (Å²) in [5, 5.41) is 11.8. The summed E-state index contributed by atoms with van der Waals surface area (Å²) in [7, 11) is 3.15. The minimum atomic E-state index is -1.14. The molecule has 6 heteroatoms. The molecule has 72 valence electrons. The molecule has 1 amide bonds. The summed E-state index contributed by atoms with van der Waals surface area (Å²) in [6.45, 7) is 0. The molecule has 0 aromatic carbocycles. The monoisotopic (exact) mass is 186 g/mol. The van der Waals surface area contributed by atoms with E-state index in [-0.39, 0.29) is 18.0 Å². The average Bonchev–Trinajstić information content (AvgIpc) is 2.50. The Labute approximate surface area is 74.8 Å². The molecule has 0 bridgehead atoms. The average molecular weight is 186 g/mol. The van der Waals surface area contributed by atoms with E-state index < -0.39 is 12.1 Å². The third-order valence-electron chi connectivity index (χ3n) is 1.63. The number of aliphatic carboxylic acids is 1. The minimum Gasteiger partial charge on any atom is -0.477 e. The number of rotatable bonds is 2. The summed E-state index contributed by atoms with van der Waals surface area (Å²) in [5.41, 5.74) is -0.111. The van der Waals surface area contributed by atoms with Gasteiger partial charge in [-0.2, -0.15) is 0 Å². The number of nitrogens with zero attached hydrogens (tertiary/aromatic N) is 2. The molecule has 1 heterocycles. The molecule has 0 aliphatic carbocycles. The fraction of sp³-hybridized carbons (Fsp3) is 0.571. The lowest BCUT2D eigenvalue weighted by Crippen LogP contribution is -2.34. The minimum absolute atomic E-state index is 0.0341. The molecule has 1 aliphatic heterocycles. The SMILES string of the molecule is CN(C)C(=O)C1CC(C(=O)O)=NO1. The Morgan fingerprint density at radius 3 is 2.62 bits per heavy atom. The summed E-state index contributed by atoms with van der Waals surface area (Å²) >= 11 is 0. The molecule has 0 spiro atoms. The highest BCUT2D eigenvalue weighted by atomic mass is 16.6. The maximum absolute atomic E-state index is 11.2. The van der Waals surface area contributed by atoms with Gasteiger partial charge >= 0.3 is 5.97 Å². The summed E-state index contributed by atoms with van der Waals surface area (Å²) in [4.78, 5) is 27.7. The van der Waals surface area contributed by atoms with Gasteiger partial charge in [-0.1, -0.05) is 5.16 Å². The number of hydrogen-bond acceptors (Lipinski definition) is 4. The van der Waals surface area contributed by atoms with Crippen molar-refractivity contribution in [1.29, 1.82) is 0 Å². The number of carbonyl (C=O) groups is 2. The van der Waals surface area contributed by atoms with E-state index >= 15 is 0 Å². The van der Waals surface area contributed by atoms with Gasteiger partial charge in [-0.3, -0.25) is 4.79 Å². The van der Waals surface area contributed by atoms with Gasteiger partial charge in [0.05, 0.1) is 0 Å². The van der Waals surface area contributed by atoms with Crippen molar-refractivity contribution in [3.63, 3.8) is 0 Å². The highest BCUT2D eigenvalue weighted by Crippen LogP contribution is 2.12. The van der Waals surface area contributed by atoms with E-state index in [4.69, 9.17) is 5.11 Å². The Morgan fingerprint density at radius 1 is 1.62 bits per heavy atom. The molecule has 1 N–H and O–H groups in total. The molecule has 0 fully saturated rings. The maximum Gasteiger partial charge on any atom is 0.353 e. The Balaban J connectivity index is 2.55. The lowest BCUT2D eigenvalue weighted by atomic mass is 10.1.